The Bertz CT molecular complexity index is 867. The predicted octanol–water partition coefficient (Wildman–Crippen LogP) is 6.40. The van der Waals surface area contributed by atoms with E-state index in [0.29, 0.717) is 26.3 Å². The lowest BCUT2D eigenvalue weighted by atomic mass is 10.1. The lowest BCUT2D eigenvalue weighted by Crippen LogP contribution is -2.30. The molecule has 0 saturated heterocycles. The zero-order valence-electron chi connectivity index (χ0n) is 14.6. The maximum absolute atomic E-state index is 11.4. The first-order chi connectivity index (χ1) is 13.1. The van der Waals surface area contributed by atoms with Gasteiger partial charge in [-0.25, -0.2) is 9.86 Å². The van der Waals surface area contributed by atoms with Gasteiger partial charge in [0.1, 0.15) is 0 Å². The summed E-state index contributed by atoms with van der Waals surface area (Å²) in [6.07, 6.45) is -0.224. The van der Waals surface area contributed by atoms with Crippen LogP contribution in [0.15, 0.2) is 34.8 Å². The van der Waals surface area contributed by atoms with E-state index < -0.39 is 5.97 Å². The zero-order valence-corrected chi connectivity index (χ0v) is 19.2. The molecule has 0 aromatic heterocycles. The number of aliphatic carboxylic acids is 1. The van der Waals surface area contributed by atoms with E-state index in [1.165, 1.54) is 26.3 Å². The van der Waals surface area contributed by atoms with Gasteiger partial charge in [-0.15, -0.1) is 0 Å². The number of hydroxylamine groups is 2. The molecular formula is C17H15BrCl4N2O4. The molecule has 0 saturated carbocycles. The van der Waals surface area contributed by atoms with Crippen LogP contribution in [0.1, 0.15) is 5.56 Å². The Balaban J connectivity index is 0.000000283. The number of nitrogens with zero attached hydrogens (tertiary/aromatic N) is 1. The monoisotopic (exact) mass is 530 g/mol. The molecule has 0 atom stereocenters. The van der Waals surface area contributed by atoms with E-state index in [9.17, 15) is 9.59 Å². The van der Waals surface area contributed by atoms with Crippen LogP contribution in [-0.4, -0.2) is 36.3 Å². The quantitative estimate of drug-likeness (QED) is 0.353. The molecule has 0 fully saturated rings. The molecule has 0 heterocycles. The van der Waals surface area contributed by atoms with Gasteiger partial charge in [0.15, 0.2) is 0 Å². The van der Waals surface area contributed by atoms with Crippen LogP contribution in [0.4, 0.5) is 10.5 Å². The largest absolute Gasteiger partial charge is 0.481 e. The lowest BCUT2D eigenvalue weighted by molar-refractivity contribution is -0.136. The molecular weight excluding hydrogens is 518 g/mol. The van der Waals surface area contributed by atoms with Crippen molar-refractivity contribution in [1.82, 2.24) is 5.06 Å². The Labute approximate surface area is 190 Å². The fraction of sp³-hybridized carbons (Fsp3) is 0.176. The van der Waals surface area contributed by atoms with Crippen LogP contribution in [-0.2, 0) is 16.1 Å². The molecule has 11 heteroatoms. The van der Waals surface area contributed by atoms with E-state index in [1.54, 1.807) is 18.2 Å². The number of rotatable bonds is 4. The third-order valence-corrected chi connectivity index (χ3v) is 5.63. The van der Waals surface area contributed by atoms with Gasteiger partial charge in [-0.2, -0.15) is 0 Å². The summed E-state index contributed by atoms with van der Waals surface area (Å²) in [6.45, 7) is 0. The average molecular weight is 533 g/mol. The highest BCUT2D eigenvalue weighted by Gasteiger charge is 2.12. The molecule has 28 heavy (non-hydrogen) atoms. The fourth-order valence-corrected chi connectivity index (χ4v) is 2.85. The van der Waals surface area contributed by atoms with Crippen molar-refractivity contribution in [3.8, 4) is 0 Å². The molecule has 2 N–H and O–H groups in total. The van der Waals surface area contributed by atoms with Gasteiger partial charge in [-0.05, 0) is 46.3 Å². The van der Waals surface area contributed by atoms with Crippen molar-refractivity contribution in [2.45, 2.75) is 6.42 Å². The second kappa shape index (κ2) is 11.7. The van der Waals surface area contributed by atoms with Crippen LogP contribution in [0.2, 0.25) is 20.1 Å². The first-order valence-electron chi connectivity index (χ1n) is 7.44. The topological polar surface area (TPSA) is 78.9 Å². The van der Waals surface area contributed by atoms with Gasteiger partial charge in [-0.3, -0.25) is 9.63 Å². The number of carbonyl (C=O) groups excluding carboxylic acids is 1. The molecule has 2 amide bonds. The highest BCUT2D eigenvalue weighted by Crippen LogP contribution is 2.31. The number of halogens is 5. The van der Waals surface area contributed by atoms with Crippen LogP contribution >= 0.6 is 62.3 Å². The summed E-state index contributed by atoms with van der Waals surface area (Å²) in [4.78, 5) is 26.5. The van der Waals surface area contributed by atoms with Gasteiger partial charge in [-0.1, -0.05) is 46.4 Å². The third kappa shape index (κ3) is 7.66. The highest BCUT2D eigenvalue weighted by atomic mass is 79.9. The van der Waals surface area contributed by atoms with Crippen LogP contribution in [0.3, 0.4) is 0 Å². The number of benzene rings is 2. The van der Waals surface area contributed by atoms with Gasteiger partial charge in [0.2, 0.25) is 0 Å². The summed E-state index contributed by atoms with van der Waals surface area (Å²) in [5, 5.41) is 13.6. The Hall–Kier alpha value is -1.22. The number of amides is 2. The van der Waals surface area contributed by atoms with Gasteiger partial charge in [0.05, 0.1) is 28.6 Å². The van der Waals surface area contributed by atoms with Crippen molar-refractivity contribution < 1.29 is 19.5 Å². The summed E-state index contributed by atoms with van der Waals surface area (Å²) in [6, 6.07) is 7.82. The number of nitrogens with one attached hydrogen (secondary N) is 1. The average Bonchev–Trinajstić information content (AvgIpc) is 2.64. The Morgan fingerprint density at radius 3 is 2.25 bits per heavy atom. The maximum atomic E-state index is 11.4. The number of urea groups is 1. The van der Waals surface area contributed by atoms with E-state index in [1.807, 2.05) is 0 Å². The summed E-state index contributed by atoms with van der Waals surface area (Å²) in [5.41, 5.74) is 0.959. The summed E-state index contributed by atoms with van der Waals surface area (Å²) < 4.78 is 0.780. The first kappa shape index (κ1) is 24.8. The molecule has 6 nitrogen and oxygen atoms in total. The number of hydrogen-bond acceptors (Lipinski definition) is 3. The number of hydrogen-bond donors (Lipinski definition) is 2. The van der Waals surface area contributed by atoms with Crippen molar-refractivity contribution in [1.29, 1.82) is 0 Å². The van der Waals surface area contributed by atoms with Crippen LogP contribution in [0.5, 0.6) is 0 Å². The fourth-order valence-electron chi connectivity index (χ4n) is 1.74. The molecule has 0 aliphatic rings. The predicted molar refractivity (Wildman–Crippen MR) is 116 cm³/mol. The van der Waals surface area contributed by atoms with Crippen LogP contribution in [0, 0.1) is 0 Å². The third-order valence-electron chi connectivity index (χ3n) is 3.20. The maximum Gasteiger partial charge on any atom is 0.345 e. The molecule has 0 radical (unpaired) electrons. The SMILES string of the molecule is CON(C)C(=O)Nc1ccc(Br)c(Cl)c1.O=C(O)Cc1c(Cl)ccc(Cl)c1Cl. The number of carboxylic acid groups (broad SMARTS) is 1. The van der Waals surface area contributed by atoms with Crippen molar-refractivity contribution >= 4 is 80.0 Å². The minimum atomic E-state index is -0.994. The highest BCUT2D eigenvalue weighted by molar-refractivity contribution is 9.10. The standard InChI is InChI=1S/C9H10BrClN2O2.C8H5Cl3O2/c1-13(15-2)9(14)12-6-3-4-7(10)8(11)5-6;9-5-1-2-6(10)8(11)4(5)3-7(12)13/h3-5H,1-2H3,(H,12,14);1-2H,3H2,(H,12,13). The van der Waals surface area contributed by atoms with Crippen LogP contribution < -0.4 is 5.32 Å². The second-order valence-corrected chi connectivity index (χ2v) is 7.59. The van der Waals surface area contributed by atoms with Gasteiger partial charge < -0.3 is 10.4 Å². The first-order valence-corrected chi connectivity index (χ1v) is 9.75. The van der Waals surface area contributed by atoms with E-state index >= 15 is 0 Å². The summed E-state index contributed by atoms with van der Waals surface area (Å²) in [7, 11) is 2.92. The summed E-state index contributed by atoms with van der Waals surface area (Å²) >= 11 is 26.3. The van der Waals surface area contributed by atoms with Crippen molar-refractivity contribution in [2.24, 2.45) is 0 Å². The minimum Gasteiger partial charge on any atom is -0.481 e. The molecule has 2 rings (SSSR count). The molecule has 0 spiro atoms. The second-order valence-electron chi connectivity index (χ2n) is 5.13. The Morgan fingerprint density at radius 2 is 1.71 bits per heavy atom. The Morgan fingerprint density at radius 1 is 1.11 bits per heavy atom. The van der Waals surface area contributed by atoms with E-state index in [0.717, 1.165) is 9.54 Å². The number of carbonyl (C=O) groups is 2. The number of anilines is 1. The normalized spacial score (nSPS) is 9.96. The molecule has 0 aliphatic carbocycles. The lowest BCUT2D eigenvalue weighted by Gasteiger charge is -2.14. The molecule has 152 valence electrons. The molecule has 0 bridgehead atoms. The zero-order chi connectivity index (χ0) is 21.4. The summed E-state index contributed by atoms with van der Waals surface area (Å²) in [5.74, 6) is -0.994. The number of carboxylic acids is 1. The van der Waals surface area contributed by atoms with Gasteiger partial charge in [0, 0.05) is 27.8 Å². The van der Waals surface area contributed by atoms with Crippen molar-refractivity contribution in [2.75, 3.05) is 19.5 Å². The van der Waals surface area contributed by atoms with Crippen molar-refractivity contribution in [3.05, 3.63) is 60.5 Å². The smallest absolute Gasteiger partial charge is 0.345 e. The molecule has 0 aliphatic heterocycles. The molecule has 0 unspecified atom stereocenters. The van der Waals surface area contributed by atoms with Crippen molar-refractivity contribution in [3.63, 3.8) is 0 Å². The minimum absolute atomic E-state index is 0.205. The van der Waals surface area contributed by atoms with Crippen LogP contribution in [0.25, 0.3) is 0 Å². The van der Waals surface area contributed by atoms with E-state index in [4.69, 9.17) is 56.3 Å². The molecule has 2 aromatic carbocycles. The Kier molecular flexibility index (Phi) is 10.4. The van der Waals surface area contributed by atoms with E-state index in [2.05, 4.69) is 21.2 Å². The molecule has 2 aromatic rings. The van der Waals surface area contributed by atoms with Gasteiger partial charge >= 0.3 is 12.0 Å². The van der Waals surface area contributed by atoms with E-state index in [-0.39, 0.29) is 17.5 Å². The van der Waals surface area contributed by atoms with Gasteiger partial charge in [0.25, 0.3) is 0 Å².